The van der Waals surface area contributed by atoms with Crippen molar-refractivity contribution in [2.45, 2.75) is 31.7 Å². The van der Waals surface area contributed by atoms with Gasteiger partial charge in [-0.25, -0.2) is 4.79 Å². The van der Waals surface area contributed by atoms with Crippen molar-refractivity contribution < 1.29 is 14.7 Å². The topological polar surface area (TPSA) is 66.4 Å². The molecule has 4 rings (SSSR count). The number of carbonyl (C=O) groups excluding carboxylic acids is 1. The molecule has 128 valence electrons. The van der Waals surface area contributed by atoms with Gasteiger partial charge in [-0.2, -0.15) is 0 Å². The van der Waals surface area contributed by atoms with Crippen LogP contribution in [0.3, 0.4) is 0 Å². The molecule has 25 heavy (non-hydrogen) atoms. The van der Waals surface area contributed by atoms with Crippen molar-refractivity contribution in [2.75, 3.05) is 0 Å². The van der Waals surface area contributed by atoms with Crippen LogP contribution < -0.4 is 5.32 Å². The number of amides is 1. The summed E-state index contributed by atoms with van der Waals surface area (Å²) >= 11 is 0. The van der Waals surface area contributed by atoms with Crippen LogP contribution in [0, 0.1) is 11.8 Å². The first-order valence-electron chi connectivity index (χ1n) is 8.87. The highest BCUT2D eigenvalue weighted by molar-refractivity contribution is 6.04. The number of benzene rings is 2. The van der Waals surface area contributed by atoms with E-state index < -0.39 is 5.97 Å². The van der Waals surface area contributed by atoms with Crippen LogP contribution in [0.5, 0.6) is 0 Å². The van der Waals surface area contributed by atoms with Gasteiger partial charge in [0.05, 0.1) is 5.56 Å². The van der Waals surface area contributed by atoms with E-state index in [0.717, 1.165) is 0 Å². The smallest absolute Gasteiger partial charge is 0.336 e. The van der Waals surface area contributed by atoms with Crippen molar-refractivity contribution in [1.29, 1.82) is 0 Å². The molecule has 2 aromatic carbocycles. The van der Waals surface area contributed by atoms with Crippen molar-refractivity contribution in [3.8, 4) is 11.1 Å². The molecule has 0 heterocycles. The van der Waals surface area contributed by atoms with Crippen molar-refractivity contribution >= 4 is 11.9 Å². The van der Waals surface area contributed by atoms with Crippen molar-refractivity contribution in [2.24, 2.45) is 11.8 Å². The van der Waals surface area contributed by atoms with E-state index in [1.54, 1.807) is 30.3 Å². The van der Waals surface area contributed by atoms with Crippen molar-refractivity contribution in [3.63, 3.8) is 0 Å². The Balaban J connectivity index is 1.67. The fourth-order valence-corrected chi connectivity index (χ4v) is 3.58. The molecule has 1 amide bonds. The van der Waals surface area contributed by atoms with Gasteiger partial charge in [0.25, 0.3) is 5.91 Å². The average Bonchev–Trinajstić information content (AvgIpc) is 3.53. The van der Waals surface area contributed by atoms with E-state index in [0.29, 0.717) is 28.5 Å². The number of carboxylic acid groups (broad SMARTS) is 1. The zero-order valence-electron chi connectivity index (χ0n) is 13.9. The van der Waals surface area contributed by atoms with Gasteiger partial charge in [0.1, 0.15) is 0 Å². The summed E-state index contributed by atoms with van der Waals surface area (Å²) in [4.78, 5) is 24.5. The Morgan fingerprint density at radius 2 is 1.32 bits per heavy atom. The lowest BCUT2D eigenvalue weighted by molar-refractivity contribution is 0.0697. The minimum Gasteiger partial charge on any atom is -0.478 e. The number of hydrogen-bond donors (Lipinski definition) is 2. The molecule has 2 aromatic rings. The van der Waals surface area contributed by atoms with E-state index in [9.17, 15) is 14.7 Å². The predicted octanol–water partition coefficient (Wildman–Crippen LogP) is 3.97. The lowest BCUT2D eigenvalue weighted by atomic mass is 9.94. The zero-order valence-corrected chi connectivity index (χ0v) is 13.9. The molecule has 0 aliphatic heterocycles. The number of carboxylic acids is 1. The van der Waals surface area contributed by atoms with E-state index in [4.69, 9.17) is 0 Å². The van der Waals surface area contributed by atoms with Crippen LogP contribution in [-0.2, 0) is 0 Å². The number of aromatic carboxylic acids is 1. The van der Waals surface area contributed by atoms with Crippen LogP contribution in [0.15, 0.2) is 48.5 Å². The van der Waals surface area contributed by atoms with Gasteiger partial charge in [0.15, 0.2) is 0 Å². The number of carbonyl (C=O) groups is 2. The third-order valence-corrected chi connectivity index (χ3v) is 5.18. The fourth-order valence-electron chi connectivity index (χ4n) is 3.58. The molecule has 4 nitrogen and oxygen atoms in total. The molecular weight excluding hydrogens is 314 g/mol. The van der Waals surface area contributed by atoms with Gasteiger partial charge >= 0.3 is 5.97 Å². The van der Waals surface area contributed by atoms with Crippen molar-refractivity contribution in [3.05, 3.63) is 59.7 Å². The molecule has 2 saturated carbocycles. The largest absolute Gasteiger partial charge is 0.478 e. The third kappa shape index (κ3) is 3.29. The molecule has 0 saturated heterocycles. The minimum absolute atomic E-state index is 0.0976. The van der Waals surface area contributed by atoms with Gasteiger partial charge in [-0.1, -0.05) is 36.4 Å². The summed E-state index contributed by atoms with van der Waals surface area (Å²) in [5.41, 5.74) is 2.00. The van der Waals surface area contributed by atoms with E-state index >= 15 is 0 Å². The maximum atomic E-state index is 12.9. The lowest BCUT2D eigenvalue weighted by Crippen LogP contribution is -2.38. The first kappa shape index (κ1) is 15.9. The van der Waals surface area contributed by atoms with Crippen LogP contribution in [0.2, 0.25) is 0 Å². The monoisotopic (exact) mass is 335 g/mol. The van der Waals surface area contributed by atoms with Crippen LogP contribution >= 0.6 is 0 Å². The summed E-state index contributed by atoms with van der Waals surface area (Å²) in [6, 6.07) is 14.4. The normalized spacial score (nSPS) is 16.7. The Morgan fingerprint density at radius 1 is 0.840 bits per heavy atom. The van der Waals surface area contributed by atoms with Gasteiger partial charge in [-0.15, -0.1) is 0 Å². The van der Waals surface area contributed by atoms with E-state index in [1.165, 1.54) is 25.7 Å². The van der Waals surface area contributed by atoms with Gasteiger partial charge < -0.3 is 10.4 Å². The summed E-state index contributed by atoms with van der Waals surface area (Å²) in [6.45, 7) is 0. The molecule has 4 heteroatoms. The fraction of sp³-hybridized carbons (Fsp3) is 0.333. The summed E-state index contributed by atoms with van der Waals surface area (Å²) < 4.78 is 0. The quantitative estimate of drug-likeness (QED) is 0.839. The Kier molecular flexibility index (Phi) is 4.04. The van der Waals surface area contributed by atoms with Crippen molar-refractivity contribution in [1.82, 2.24) is 5.32 Å². The molecule has 0 aromatic heterocycles. The summed E-state index contributed by atoms with van der Waals surface area (Å²) in [7, 11) is 0. The molecule has 0 atom stereocenters. The molecule has 0 spiro atoms. The second-order valence-corrected chi connectivity index (χ2v) is 7.07. The number of rotatable bonds is 6. The lowest BCUT2D eigenvalue weighted by Gasteiger charge is -2.19. The predicted molar refractivity (Wildman–Crippen MR) is 95.5 cm³/mol. The van der Waals surface area contributed by atoms with E-state index in [1.807, 2.05) is 18.2 Å². The second-order valence-electron chi connectivity index (χ2n) is 7.07. The molecular formula is C21H21NO3. The van der Waals surface area contributed by atoms with Gasteiger partial charge in [-0.3, -0.25) is 4.79 Å². The maximum Gasteiger partial charge on any atom is 0.336 e. The molecule has 2 aliphatic rings. The second kappa shape index (κ2) is 6.36. The Bertz CT molecular complexity index is 809. The van der Waals surface area contributed by atoms with Crippen LogP contribution in [0.4, 0.5) is 0 Å². The first-order valence-corrected chi connectivity index (χ1v) is 8.87. The third-order valence-electron chi connectivity index (χ3n) is 5.18. The molecule has 2 aliphatic carbocycles. The summed E-state index contributed by atoms with van der Waals surface area (Å²) in [6.07, 6.45) is 4.80. The summed E-state index contributed by atoms with van der Waals surface area (Å²) in [5.74, 6) is 0.157. The van der Waals surface area contributed by atoms with Gasteiger partial charge in [0.2, 0.25) is 0 Å². The highest BCUT2D eigenvalue weighted by Crippen LogP contribution is 2.44. The summed E-state index contributed by atoms with van der Waals surface area (Å²) in [5, 5.41) is 12.7. The Hall–Kier alpha value is -2.62. The van der Waals surface area contributed by atoms with E-state index in [-0.39, 0.29) is 17.5 Å². The zero-order chi connectivity index (χ0) is 17.4. The SMILES string of the molecule is O=C(O)c1ccccc1-c1ccccc1C(=O)NC(C1CC1)C1CC1. The number of nitrogens with one attached hydrogen (secondary N) is 1. The highest BCUT2D eigenvalue weighted by atomic mass is 16.4. The van der Waals surface area contributed by atoms with E-state index in [2.05, 4.69) is 5.32 Å². The van der Waals surface area contributed by atoms with Crippen LogP contribution in [-0.4, -0.2) is 23.0 Å². The average molecular weight is 335 g/mol. The van der Waals surface area contributed by atoms with Gasteiger partial charge in [0, 0.05) is 11.6 Å². The van der Waals surface area contributed by atoms with Gasteiger partial charge in [-0.05, 0) is 60.8 Å². The number of hydrogen-bond acceptors (Lipinski definition) is 2. The highest BCUT2D eigenvalue weighted by Gasteiger charge is 2.42. The molecule has 2 fully saturated rings. The molecule has 0 bridgehead atoms. The van der Waals surface area contributed by atoms with Crippen LogP contribution in [0.25, 0.3) is 11.1 Å². The Labute approximate surface area is 146 Å². The molecule has 0 radical (unpaired) electrons. The minimum atomic E-state index is -0.986. The Morgan fingerprint density at radius 3 is 1.84 bits per heavy atom. The van der Waals surface area contributed by atoms with Crippen LogP contribution in [0.1, 0.15) is 46.4 Å². The first-order chi connectivity index (χ1) is 12.1. The molecule has 2 N–H and O–H groups in total. The standard InChI is InChI=1S/C21H21NO3/c23-20(22-19(13-9-10-13)14-11-12-14)17-7-3-1-5-15(17)16-6-2-4-8-18(16)21(24)25/h1-8,13-14,19H,9-12H2,(H,22,23)(H,24,25). The molecule has 0 unspecified atom stereocenters. The maximum absolute atomic E-state index is 12.9.